The first kappa shape index (κ1) is 27.4. The SMILES string of the molecule is CCNC(=O)[C@H](C)N(CCc1ccccc1)C(=O)CCCN(c1cc(C)ccc1C)S(C)(=O)=O. The summed E-state index contributed by atoms with van der Waals surface area (Å²) >= 11 is 0. The van der Waals surface area contributed by atoms with Crippen molar-refractivity contribution in [2.75, 3.05) is 30.2 Å². The van der Waals surface area contributed by atoms with Gasteiger partial charge in [0.1, 0.15) is 6.04 Å². The third-order valence-electron chi connectivity index (χ3n) is 5.79. The highest BCUT2D eigenvalue weighted by atomic mass is 32.2. The van der Waals surface area contributed by atoms with Crippen molar-refractivity contribution in [1.82, 2.24) is 10.2 Å². The third-order valence-corrected chi connectivity index (χ3v) is 6.97. The summed E-state index contributed by atoms with van der Waals surface area (Å²) in [4.78, 5) is 27.3. The maximum atomic E-state index is 13.2. The standard InChI is InChI=1S/C26H37N3O4S/c1-6-27-26(31)22(4)28(18-16-23-11-8-7-9-12-23)25(30)13-10-17-29(34(5,32)33)24-19-20(2)14-15-21(24)3/h7-9,11-12,14-15,19,22H,6,10,13,16-18H2,1-5H3,(H,27,31)/t22-/m0/s1. The Morgan fingerprint density at radius 2 is 1.71 bits per heavy atom. The van der Waals surface area contributed by atoms with Crippen LogP contribution in [0.2, 0.25) is 0 Å². The smallest absolute Gasteiger partial charge is 0.242 e. The molecule has 0 heterocycles. The van der Waals surface area contributed by atoms with Crippen LogP contribution < -0.4 is 9.62 Å². The molecule has 0 aromatic heterocycles. The molecule has 0 aliphatic rings. The minimum atomic E-state index is -3.51. The Balaban J connectivity index is 2.12. The van der Waals surface area contributed by atoms with Gasteiger partial charge in [-0.05, 0) is 63.3 Å². The Kier molecular flexibility index (Phi) is 10.1. The van der Waals surface area contributed by atoms with E-state index in [2.05, 4.69) is 5.32 Å². The molecule has 2 rings (SSSR count). The summed E-state index contributed by atoms with van der Waals surface area (Å²) in [5.41, 5.74) is 3.54. The second-order valence-corrected chi connectivity index (χ2v) is 10.5. The second kappa shape index (κ2) is 12.6. The highest BCUT2D eigenvalue weighted by Crippen LogP contribution is 2.24. The molecule has 7 nitrogen and oxygen atoms in total. The number of hydrogen-bond donors (Lipinski definition) is 1. The fourth-order valence-corrected chi connectivity index (χ4v) is 4.88. The van der Waals surface area contributed by atoms with Gasteiger partial charge >= 0.3 is 0 Å². The van der Waals surface area contributed by atoms with E-state index in [9.17, 15) is 18.0 Å². The number of amides is 2. The number of carbonyl (C=O) groups excluding carboxylic acids is 2. The van der Waals surface area contributed by atoms with Gasteiger partial charge in [-0.15, -0.1) is 0 Å². The largest absolute Gasteiger partial charge is 0.355 e. The van der Waals surface area contributed by atoms with Gasteiger partial charge in [0, 0.05) is 26.1 Å². The zero-order chi connectivity index (χ0) is 25.3. The fraction of sp³-hybridized carbons (Fsp3) is 0.462. The molecule has 0 unspecified atom stereocenters. The molecule has 0 saturated carbocycles. The van der Waals surface area contributed by atoms with E-state index in [-0.39, 0.29) is 24.8 Å². The predicted molar refractivity (Wildman–Crippen MR) is 137 cm³/mol. The Labute approximate surface area is 204 Å². The van der Waals surface area contributed by atoms with Crippen molar-refractivity contribution in [2.45, 2.75) is 53.0 Å². The van der Waals surface area contributed by atoms with Crippen molar-refractivity contribution >= 4 is 27.5 Å². The minimum Gasteiger partial charge on any atom is -0.355 e. The summed E-state index contributed by atoms with van der Waals surface area (Å²) in [6.07, 6.45) is 2.31. The molecule has 8 heteroatoms. The van der Waals surface area contributed by atoms with Gasteiger partial charge in [-0.25, -0.2) is 8.42 Å². The number of rotatable bonds is 12. The van der Waals surface area contributed by atoms with E-state index in [1.165, 1.54) is 10.6 Å². The molecular weight excluding hydrogens is 450 g/mol. The average Bonchev–Trinajstić information content (AvgIpc) is 2.78. The molecule has 0 radical (unpaired) electrons. The molecule has 0 aliphatic carbocycles. The first-order valence-electron chi connectivity index (χ1n) is 11.7. The maximum Gasteiger partial charge on any atom is 0.242 e. The second-order valence-electron chi connectivity index (χ2n) is 8.62. The van der Waals surface area contributed by atoms with Crippen molar-refractivity contribution in [1.29, 1.82) is 0 Å². The van der Waals surface area contributed by atoms with Crippen LogP contribution in [0.5, 0.6) is 0 Å². The monoisotopic (exact) mass is 487 g/mol. The van der Waals surface area contributed by atoms with Crippen LogP contribution in [0.1, 0.15) is 43.4 Å². The first-order valence-corrected chi connectivity index (χ1v) is 13.6. The summed E-state index contributed by atoms with van der Waals surface area (Å²) in [6.45, 7) is 8.45. The lowest BCUT2D eigenvalue weighted by Crippen LogP contribution is -2.48. The van der Waals surface area contributed by atoms with Gasteiger partial charge in [-0.1, -0.05) is 42.5 Å². The van der Waals surface area contributed by atoms with E-state index >= 15 is 0 Å². The molecule has 186 valence electrons. The topological polar surface area (TPSA) is 86.8 Å². The van der Waals surface area contributed by atoms with Gasteiger partial charge in [0.05, 0.1) is 11.9 Å². The van der Waals surface area contributed by atoms with Crippen LogP contribution in [0, 0.1) is 13.8 Å². The van der Waals surface area contributed by atoms with Gasteiger partial charge in [-0.2, -0.15) is 0 Å². The summed E-state index contributed by atoms with van der Waals surface area (Å²) in [7, 11) is -3.51. The van der Waals surface area contributed by atoms with Gasteiger partial charge in [0.25, 0.3) is 0 Å². The number of sulfonamides is 1. The van der Waals surface area contributed by atoms with Crippen LogP contribution in [0.15, 0.2) is 48.5 Å². The van der Waals surface area contributed by atoms with Gasteiger partial charge in [0.2, 0.25) is 21.8 Å². The van der Waals surface area contributed by atoms with Gasteiger partial charge in [0.15, 0.2) is 0 Å². The quantitative estimate of drug-likeness (QED) is 0.497. The maximum absolute atomic E-state index is 13.2. The van der Waals surface area contributed by atoms with Crippen molar-refractivity contribution in [3.63, 3.8) is 0 Å². The molecule has 0 bridgehead atoms. The van der Waals surface area contributed by atoms with Crippen LogP contribution in [0.25, 0.3) is 0 Å². The minimum absolute atomic E-state index is 0.148. The van der Waals surface area contributed by atoms with Gasteiger partial charge < -0.3 is 10.2 Å². The Hall–Kier alpha value is -2.87. The normalized spacial score (nSPS) is 12.1. The molecule has 1 atom stereocenters. The van der Waals surface area contributed by atoms with Crippen LogP contribution >= 0.6 is 0 Å². The molecule has 0 saturated heterocycles. The van der Waals surface area contributed by atoms with E-state index in [4.69, 9.17) is 0 Å². The lowest BCUT2D eigenvalue weighted by atomic mass is 10.1. The summed E-state index contributed by atoms with van der Waals surface area (Å²) in [6, 6.07) is 14.9. The van der Waals surface area contributed by atoms with Crippen LogP contribution in [0.4, 0.5) is 5.69 Å². The lowest BCUT2D eigenvalue weighted by Gasteiger charge is -2.29. The first-order chi connectivity index (χ1) is 16.0. The highest BCUT2D eigenvalue weighted by molar-refractivity contribution is 7.92. The number of nitrogens with zero attached hydrogens (tertiary/aromatic N) is 2. The highest BCUT2D eigenvalue weighted by Gasteiger charge is 2.26. The number of nitrogens with one attached hydrogen (secondary N) is 1. The average molecular weight is 488 g/mol. The van der Waals surface area contributed by atoms with E-state index in [0.717, 1.165) is 16.7 Å². The molecule has 2 aromatic rings. The summed E-state index contributed by atoms with van der Waals surface area (Å²) < 4.78 is 26.4. The number of hydrogen-bond acceptors (Lipinski definition) is 4. The molecule has 34 heavy (non-hydrogen) atoms. The van der Waals surface area contributed by atoms with E-state index in [1.807, 2.05) is 69.3 Å². The molecule has 1 N–H and O–H groups in total. The van der Waals surface area contributed by atoms with E-state index in [0.29, 0.717) is 31.6 Å². The number of carbonyl (C=O) groups is 2. The van der Waals surface area contributed by atoms with Crippen LogP contribution in [0.3, 0.4) is 0 Å². The van der Waals surface area contributed by atoms with Crippen molar-refractivity contribution < 1.29 is 18.0 Å². The number of benzene rings is 2. The number of aryl methyl sites for hydroxylation is 2. The molecule has 0 fully saturated rings. The van der Waals surface area contributed by atoms with Gasteiger partial charge in [-0.3, -0.25) is 13.9 Å². The van der Waals surface area contributed by atoms with Crippen LogP contribution in [-0.4, -0.2) is 57.1 Å². The molecular formula is C26H37N3O4S. The third kappa shape index (κ3) is 7.87. The Morgan fingerprint density at radius 1 is 1.03 bits per heavy atom. The summed E-state index contributed by atoms with van der Waals surface area (Å²) in [5, 5.41) is 2.79. The Bertz CT molecular complexity index is 1070. The molecule has 2 amide bonds. The van der Waals surface area contributed by atoms with E-state index < -0.39 is 16.1 Å². The van der Waals surface area contributed by atoms with Crippen molar-refractivity contribution in [2.24, 2.45) is 0 Å². The zero-order valence-corrected chi connectivity index (χ0v) is 21.7. The predicted octanol–water partition coefficient (Wildman–Crippen LogP) is 3.45. The number of anilines is 1. The van der Waals surface area contributed by atoms with E-state index in [1.54, 1.807) is 11.8 Å². The van der Waals surface area contributed by atoms with Crippen molar-refractivity contribution in [3.05, 3.63) is 65.2 Å². The van der Waals surface area contributed by atoms with Crippen molar-refractivity contribution in [3.8, 4) is 0 Å². The molecule has 2 aromatic carbocycles. The molecule has 0 aliphatic heterocycles. The molecule has 0 spiro atoms. The fourth-order valence-electron chi connectivity index (χ4n) is 3.86. The zero-order valence-electron chi connectivity index (χ0n) is 20.9. The summed E-state index contributed by atoms with van der Waals surface area (Å²) in [5.74, 6) is -0.360. The lowest BCUT2D eigenvalue weighted by molar-refractivity contribution is -0.139. The van der Waals surface area contributed by atoms with Crippen LogP contribution in [-0.2, 0) is 26.0 Å². The Morgan fingerprint density at radius 3 is 2.32 bits per heavy atom. The number of likely N-dealkylation sites (N-methyl/N-ethyl adjacent to an activating group) is 1.